The van der Waals surface area contributed by atoms with E-state index in [1.807, 2.05) is 6.07 Å². The SMILES string of the molecule is COc1ccc(CN2CCC[C@@H](c3cc(=O)nc4n3CCC4)C2)cc1OC. The van der Waals surface area contributed by atoms with Crippen molar-refractivity contribution in [2.24, 2.45) is 0 Å². The van der Waals surface area contributed by atoms with E-state index in [9.17, 15) is 4.79 Å². The molecule has 0 unspecified atom stereocenters. The number of piperidine rings is 1. The number of ether oxygens (including phenoxy) is 2. The highest BCUT2D eigenvalue weighted by Gasteiger charge is 2.26. The number of benzene rings is 1. The first-order valence-corrected chi connectivity index (χ1v) is 9.72. The van der Waals surface area contributed by atoms with Gasteiger partial charge < -0.3 is 14.0 Å². The van der Waals surface area contributed by atoms with Gasteiger partial charge in [0.15, 0.2) is 11.5 Å². The lowest BCUT2D eigenvalue weighted by molar-refractivity contribution is 0.196. The van der Waals surface area contributed by atoms with E-state index in [0.29, 0.717) is 5.92 Å². The van der Waals surface area contributed by atoms with Crippen molar-refractivity contribution >= 4 is 0 Å². The molecule has 1 atom stereocenters. The molecule has 1 aromatic heterocycles. The second kappa shape index (κ2) is 7.72. The summed E-state index contributed by atoms with van der Waals surface area (Å²) in [5.74, 6) is 2.88. The predicted octanol–water partition coefficient (Wildman–Crippen LogP) is 2.59. The van der Waals surface area contributed by atoms with Crippen molar-refractivity contribution in [1.29, 1.82) is 0 Å². The second-order valence-corrected chi connectivity index (χ2v) is 7.45. The molecule has 6 nitrogen and oxygen atoms in total. The Kier molecular flexibility index (Phi) is 5.16. The van der Waals surface area contributed by atoms with E-state index in [2.05, 4.69) is 26.6 Å². The molecule has 0 amide bonds. The number of fused-ring (bicyclic) bond motifs is 1. The van der Waals surface area contributed by atoms with Crippen LogP contribution in [0.1, 0.15) is 42.3 Å². The molecule has 2 aromatic rings. The molecule has 144 valence electrons. The molecule has 1 saturated heterocycles. The molecule has 0 aliphatic carbocycles. The monoisotopic (exact) mass is 369 g/mol. The van der Waals surface area contributed by atoms with Crippen molar-refractivity contribution in [1.82, 2.24) is 14.5 Å². The Labute approximate surface area is 159 Å². The van der Waals surface area contributed by atoms with Crippen molar-refractivity contribution in [2.75, 3.05) is 27.3 Å². The van der Waals surface area contributed by atoms with Crippen LogP contribution in [0, 0.1) is 0 Å². The van der Waals surface area contributed by atoms with Crippen LogP contribution < -0.4 is 15.0 Å². The molecule has 2 aliphatic rings. The Morgan fingerprint density at radius 1 is 1.11 bits per heavy atom. The van der Waals surface area contributed by atoms with Crippen LogP contribution in [-0.2, 0) is 19.5 Å². The molecule has 0 N–H and O–H groups in total. The van der Waals surface area contributed by atoms with Gasteiger partial charge in [-0.1, -0.05) is 6.07 Å². The highest BCUT2D eigenvalue weighted by atomic mass is 16.5. The molecule has 6 heteroatoms. The number of aryl methyl sites for hydroxylation is 1. The number of likely N-dealkylation sites (tertiary alicyclic amines) is 1. The minimum atomic E-state index is -0.0878. The van der Waals surface area contributed by atoms with Gasteiger partial charge in [-0.15, -0.1) is 0 Å². The van der Waals surface area contributed by atoms with Gasteiger partial charge in [0, 0.05) is 43.7 Å². The summed E-state index contributed by atoms with van der Waals surface area (Å²) >= 11 is 0. The summed E-state index contributed by atoms with van der Waals surface area (Å²) in [5, 5.41) is 0. The third kappa shape index (κ3) is 3.72. The van der Waals surface area contributed by atoms with Crippen molar-refractivity contribution < 1.29 is 9.47 Å². The first kappa shape index (κ1) is 18.0. The molecule has 1 fully saturated rings. The zero-order valence-electron chi connectivity index (χ0n) is 16.1. The van der Waals surface area contributed by atoms with Gasteiger partial charge in [0.25, 0.3) is 5.56 Å². The predicted molar refractivity (Wildman–Crippen MR) is 104 cm³/mol. The quantitative estimate of drug-likeness (QED) is 0.811. The molecule has 0 spiro atoms. The summed E-state index contributed by atoms with van der Waals surface area (Å²) in [4.78, 5) is 18.7. The van der Waals surface area contributed by atoms with Crippen LogP contribution in [0.3, 0.4) is 0 Å². The minimum absolute atomic E-state index is 0.0878. The third-order valence-electron chi connectivity index (χ3n) is 5.69. The number of rotatable bonds is 5. The summed E-state index contributed by atoms with van der Waals surface area (Å²) in [6.45, 7) is 3.91. The van der Waals surface area contributed by atoms with Gasteiger partial charge in [0.1, 0.15) is 5.82 Å². The van der Waals surface area contributed by atoms with Crippen LogP contribution in [0.25, 0.3) is 0 Å². The van der Waals surface area contributed by atoms with Crippen molar-refractivity contribution in [3.8, 4) is 11.5 Å². The van der Waals surface area contributed by atoms with Gasteiger partial charge in [0.2, 0.25) is 0 Å². The van der Waals surface area contributed by atoms with Gasteiger partial charge >= 0.3 is 0 Å². The molecule has 0 bridgehead atoms. The molecule has 27 heavy (non-hydrogen) atoms. The molecular formula is C21H27N3O3. The van der Waals surface area contributed by atoms with Crippen LogP contribution in [0.15, 0.2) is 29.1 Å². The van der Waals surface area contributed by atoms with Gasteiger partial charge in [0.05, 0.1) is 14.2 Å². The molecule has 0 radical (unpaired) electrons. The number of hydrogen-bond acceptors (Lipinski definition) is 5. The summed E-state index contributed by atoms with van der Waals surface area (Å²) in [5.41, 5.74) is 2.31. The molecule has 1 aromatic carbocycles. The summed E-state index contributed by atoms with van der Waals surface area (Å²) < 4.78 is 13.0. The lowest BCUT2D eigenvalue weighted by Gasteiger charge is -2.34. The molecule has 0 saturated carbocycles. The molecule has 2 aliphatic heterocycles. The van der Waals surface area contributed by atoms with Crippen molar-refractivity contribution in [3.63, 3.8) is 0 Å². The fraction of sp³-hybridized carbons (Fsp3) is 0.524. The van der Waals surface area contributed by atoms with Crippen molar-refractivity contribution in [3.05, 3.63) is 51.7 Å². The molecule has 3 heterocycles. The summed E-state index contributed by atoms with van der Waals surface area (Å²) in [6.07, 6.45) is 4.28. The Morgan fingerprint density at radius 3 is 2.78 bits per heavy atom. The van der Waals surface area contributed by atoms with Gasteiger partial charge in [-0.05, 0) is 43.5 Å². The zero-order valence-corrected chi connectivity index (χ0v) is 16.1. The maximum atomic E-state index is 12.0. The Balaban J connectivity index is 1.52. The van der Waals surface area contributed by atoms with Crippen LogP contribution in [0.5, 0.6) is 11.5 Å². The lowest BCUT2D eigenvalue weighted by Crippen LogP contribution is -2.35. The summed E-state index contributed by atoms with van der Waals surface area (Å²) in [7, 11) is 3.32. The number of hydrogen-bond donors (Lipinski definition) is 0. The van der Waals surface area contributed by atoms with E-state index in [1.54, 1.807) is 20.3 Å². The smallest absolute Gasteiger partial charge is 0.273 e. The van der Waals surface area contributed by atoms with E-state index in [1.165, 1.54) is 11.3 Å². The van der Waals surface area contributed by atoms with E-state index in [4.69, 9.17) is 9.47 Å². The van der Waals surface area contributed by atoms with Gasteiger partial charge in [-0.25, -0.2) is 0 Å². The van der Waals surface area contributed by atoms with Crippen LogP contribution in [0.4, 0.5) is 0 Å². The largest absolute Gasteiger partial charge is 0.493 e. The Hall–Kier alpha value is -2.34. The average Bonchev–Trinajstić information content (AvgIpc) is 3.15. The van der Waals surface area contributed by atoms with Crippen LogP contribution in [0.2, 0.25) is 0 Å². The van der Waals surface area contributed by atoms with Gasteiger partial charge in [-0.3, -0.25) is 9.69 Å². The number of methoxy groups -OCH3 is 2. The molecular weight excluding hydrogens is 342 g/mol. The Bertz CT molecular complexity index is 877. The maximum absolute atomic E-state index is 12.0. The highest BCUT2D eigenvalue weighted by Crippen LogP contribution is 2.31. The highest BCUT2D eigenvalue weighted by molar-refractivity contribution is 5.42. The first-order chi connectivity index (χ1) is 13.2. The first-order valence-electron chi connectivity index (χ1n) is 9.72. The topological polar surface area (TPSA) is 56.6 Å². The Morgan fingerprint density at radius 2 is 1.96 bits per heavy atom. The van der Waals surface area contributed by atoms with Crippen LogP contribution in [-0.4, -0.2) is 41.8 Å². The summed E-state index contributed by atoms with van der Waals surface area (Å²) in [6, 6.07) is 7.88. The maximum Gasteiger partial charge on any atom is 0.273 e. The fourth-order valence-electron chi connectivity index (χ4n) is 4.43. The lowest BCUT2D eigenvalue weighted by atomic mass is 9.93. The van der Waals surface area contributed by atoms with E-state index < -0.39 is 0 Å². The minimum Gasteiger partial charge on any atom is -0.493 e. The normalized spacial score (nSPS) is 19.7. The fourth-order valence-corrected chi connectivity index (χ4v) is 4.43. The van der Waals surface area contributed by atoms with E-state index in [0.717, 1.165) is 69.2 Å². The standard InChI is InChI=1S/C21H27N3O3/c1-26-18-8-7-15(11-19(18)27-2)13-23-9-3-5-16(14-23)17-12-21(25)22-20-6-4-10-24(17)20/h7-8,11-12,16H,3-6,9-10,13-14H2,1-2H3/t16-/m1/s1. The zero-order chi connectivity index (χ0) is 18.8. The molecule has 4 rings (SSSR count). The van der Waals surface area contributed by atoms with E-state index in [-0.39, 0.29) is 5.56 Å². The second-order valence-electron chi connectivity index (χ2n) is 7.45. The third-order valence-corrected chi connectivity index (χ3v) is 5.69. The van der Waals surface area contributed by atoms with Crippen LogP contribution >= 0.6 is 0 Å². The van der Waals surface area contributed by atoms with Gasteiger partial charge in [-0.2, -0.15) is 4.98 Å². The average molecular weight is 369 g/mol. The van der Waals surface area contributed by atoms with E-state index >= 15 is 0 Å². The van der Waals surface area contributed by atoms with Crippen molar-refractivity contribution in [2.45, 2.75) is 44.7 Å². The number of nitrogens with zero attached hydrogens (tertiary/aromatic N) is 3. The number of aromatic nitrogens is 2.